The van der Waals surface area contributed by atoms with Gasteiger partial charge in [-0.15, -0.1) is 0 Å². The zero-order valence-corrected chi connectivity index (χ0v) is 11.8. The van der Waals surface area contributed by atoms with Gasteiger partial charge in [0.25, 0.3) is 0 Å². The van der Waals surface area contributed by atoms with Crippen molar-refractivity contribution in [3.05, 3.63) is 28.0 Å². The first kappa shape index (κ1) is 14.3. The highest BCUT2D eigenvalue weighted by Gasteiger charge is 2.27. The lowest BCUT2D eigenvalue weighted by molar-refractivity contribution is -0.138. The third-order valence-electron chi connectivity index (χ3n) is 3.11. The van der Waals surface area contributed by atoms with Crippen molar-refractivity contribution >= 4 is 21.9 Å². The molecule has 1 aromatic carbocycles. The van der Waals surface area contributed by atoms with Gasteiger partial charge in [0.2, 0.25) is 0 Å². The second kappa shape index (κ2) is 5.88. The minimum atomic E-state index is -1.09. The molecule has 0 heterocycles. The highest BCUT2D eigenvalue weighted by Crippen LogP contribution is 2.37. The molecule has 0 radical (unpaired) electrons. The summed E-state index contributed by atoms with van der Waals surface area (Å²) in [5, 5.41) is 9.15. The van der Waals surface area contributed by atoms with E-state index in [9.17, 15) is 9.18 Å². The second-order valence-electron chi connectivity index (χ2n) is 4.69. The van der Waals surface area contributed by atoms with E-state index in [4.69, 9.17) is 15.6 Å². The molecule has 0 bridgehead atoms. The lowest BCUT2D eigenvalue weighted by Gasteiger charge is -2.17. The fourth-order valence-electron chi connectivity index (χ4n) is 1.84. The maximum Gasteiger partial charge on any atom is 0.312 e. The van der Waals surface area contributed by atoms with Gasteiger partial charge in [-0.2, -0.15) is 0 Å². The van der Waals surface area contributed by atoms with Crippen LogP contribution in [0.1, 0.15) is 24.3 Å². The van der Waals surface area contributed by atoms with Crippen molar-refractivity contribution in [3.63, 3.8) is 0 Å². The molecule has 0 amide bonds. The molecule has 3 N–H and O–H groups in total. The minimum Gasteiger partial charge on any atom is -0.492 e. The van der Waals surface area contributed by atoms with Crippen LogP contribution in [0.25, 0.3) is 0 Å². The number of carboxylic acid groups (broad SMARTS) is 1. The number of aliphatic carboxylic acids is 1. The second-order valence-corrected chi connectivity index (χ2v) is 5.54. The molecule has 2 rings (SSSR count). The van der Waals surface area contributed by atoms with E-state index in [2.05, 4.69) is 15.9 Å². The Morgan fingerprint density at radius 3 is 2.79 bits per heavy atom. The van der Waals surface area contributed by atoms with Gasteiger partial charge >= 0.3 is 5.97 Å². The van der Waals surface area contributed by atoms with Crippen LogP contribution in [-0.2, 0) is 4.79 Å². The fourth-order valence-corrected chi connectivity index (χ4v) is 2.40. The number of carboxylic acids is 1. The maximum atomic E-state index is 13.5. The lowest BCUT2D eigenvalue weighted by atomic mass is 9.98. The van der Waals surface area contributed by atoms with Crippen molar-refractivity contribution in [1.29, 1.82) is 0 Å². The monoisotopic (exact) mass is 331 g/mol. The number of hydrogen-bond acceptors (Lipinski definition) is 3. The predicted octanol–water partition coefficient (Wildman–Crippen LogP) is 2.50. The molecule has 6 heteroatoms. The van der Waals surface area contributed by atoms with Crippen molar-refractivity contribution in [2.45, 2.75) is 18.8 Å². The van der Waals surface area contributed by atoms with E-state index in [1.165, 1.54) is 12.1 Å². The van der Waals surface area contributed by atoms with Crippen molar-refractivity contribution in [3.8, 4) is 5.75 Å². The normalized spacial score (nSPS) is 16.2. The molecule has 1 aromatic rings. The van der Waals surface area contributed by atoms with Crippen LogP contribution in [0.2, 0.25) is 0 Å². The molecule has 1 atom stereocenters. The predicted molar refractivity (Wildman–Crippen MR) is 71.8 cm³/mol. The van der Waals surface area contributed by atoms with Gasteiger partial charge in [-0.05, 0) is 46.8 Å². The third-order valence-corrected chi connectivity index (χ3v) is 3.70. The van der Waals surface area contributed by atoms with Crippen LogP contribution in [0, 0.1) is 11.7 Å². The topological polar surface area (TPSA) is 72.6 Å². The molecule has 104 valence electrons. The van der Waals surface area contributed by atoms with Gasteiger partial charge in [0, 0.05) is 12.1 Å². The minimum absolute atomic E-state index is 0.106. The van der Waals surface area contributed by atoms with Crippen LogP contribution in [0.5, 0.6) is 5.75 Å². The van der Waals surface area contributed by atoms with Gasteiger partial charge in [0.15, 0.2) is 0 Å². The standard InChI is InChI=1S/C13H15BrFNO3/c14-11-4-8(15)3-9(10(5-16)13(17)18)12(11)19-6-7-1-2-7/h3-4,7,10H,1-2,5-6,16H2,(H,17,18). The molecule has 1 saturated carbocycles. The molecule has 1 aliphatic rings. The largest absolute Gasteiger partial charge is 0.492 e. The maximum absolute atomic E-state index is 13.5. The number of benzene rings is 1. The number of halogens is 2. The number of rotatable bonds is 6. The highest BCUT2D eigenvalue weighted by molar-refractivity contribution is 9.10. The SMILES string of the molecule is NCC(C(=O)O)c1cc(F)cc(Br)c1OCC1CC1. The summed E-state index contributed by atoms with van der Waals surface area (Å²) in [7, 11) is 0. The smallest absolute Gasteiger partial charge is 0.312 e. The number of hydrogen-bond donors (Lipinski definition) is 2. The quantitative estimate of drug-likeness (QED) is 0.840. The van der Waals surface area contributed by atoms with Crippen LogP contribution in [-0.4, -0.2) is 24.2 Å². The Hall–Kier alpha value is -1.14. The average molecular weight is 332 g/mol. The molecule has 0 saturated heterocycles. The van der Waals surface area contributed by atoms with Crippen LogP contribution in [0.15, 0.2) is 16.6 Å². The zero-order valence-electron chi connectivity index (χ0n) is 10.2. The van der Waals surface area contributed by atoms with Crippen molar-refractivity contribution in [2.75, 3.05) is 13.2 Å². The van der Waals surface area contributed by atoms with Gasteiger partial charge in [0.1, 0.15) is 11.6 Å². The van der Waals surface area contributed by atoms with Gasteiger partial charge in [-0.3, -0.25) is 4.79 Å². The van der Waals surface area contributed by atoms with Crippen molar-refractivity contribution in [2.24, 2.45) is 11.7 Å². The third kappa shape index (κ3) is 3.45. The number of nitrogens with two attached hydrogens (primary N) is 1. The van der Waals surface area contributed by atoms with E-state index in [1.54, 1.807) is 0 Å². The van der Waals surface area contributed by atoms with E-state index in [0.29, 0.717) is 22.7 Å². The molecular weight excluding hydrogens is 317 g/mol. The Morgan fingerprint density at radius 1 is 1.58 bits per heavy atom. The summed E-state index contributed by atoms with van der Waals surface area (Å²) in [6.45, 7) is 0.416. The summed E-state index contributed by atoms with van der Waals surface area (Å²) in [4.78, 5) is 11.2. The van der Waals surface area contributed by atoms with E-state index in [-0.39, 0.29) is 12.1 Å². The van der Waals surface area contributed by atoms with E-state index in [1.807, 2.05) is 0 Å². The Bertz CT molecular complexity index is 491. The Morgan fingerprint density at radius 2 is 2.26 bits per heavy atom. The van der Waals surface area contributed by atoms with Crippen LogP contribution in [0.4, 0.5) is 4.39 Å². The van der Waals surface area contributed by atoms with Crippen LogP contribution in [0.3, 0.4) is 0 Å². The number of ether oxygens (including phenoxy) is 1. The van der Waals surface area contributed by atoms with Crippen molar-refractivity contribution in [1.82, 2.24) is 0 Å². The fraction of sp³-hybridized carbons (Fsp3) is 0.462. The van der Waals surface area contributed by atoms with Crippen molar-refractivity contribution < 1.29 is 19.0 Å². The molecule has 1 aliphatic carbocycles. The molecule has 19 heavy (non-hydrogen) atoms. The summed E-state index contributed by atoms with van der Waals surface area (Å²) < 4.78 is 19.5. The van der Waals surface area contributed by atoms with Crippen LogP contribution >= 0.6 is 15.9 Å². The molecule has 4 nitrogen and oxygen atoms in total. The summed E-state index contributed by atoms with van der Waals surface area (Å²) in [5.74, 6) is -1.67. The molecule has 0 aliphatic heterocycles. The molecule has 1 unspecified atom stereocenters. The van der Waals surface area contributed by atoms with Gasteiger partial charge in [-0.1, -0.05) is 0 Å². The number of carbonyl (C=O) groups is 1. The first-order valence-electron chi connectivity index (χ1n) is 6.07. The van der Waals surface area contributed by atoms with Gasteiger partial charge in [-0.25, -0.2) is 4.39 Å². The van der Waals surface area contributed by atoms with E-state index in [0.717, 1.165) is 12.8 Å². The average Bonchev–Trinajstić information content (AvgIpc) is 3.12. The zero-order chi connectivity index (χ0) is 14.0. The molecular formula is C13H15BrFNO3. The first-order chi connectivity index (χ1) is 9.02. The Kier molecular flexibility index (Phi) is 4.42. The van der Waals surface area contributed by atoms with E-state index >= 15 is 0 Å². The van der Waals surface area contributed by atoms with Gasteiger partial charge < -0.3 is 15.6 Å². The molecule has 0 spiro atoms. The highest BCUT2D eigenvalue weighted by atomic mass is 79.9. The Labute approximate surface area is 118 Å². The first-order valence-corrected chi connectivity index (χ1v) is 6.86. The van der Waals surface area contributed by atoms with Crippen LogP contribution < -0.4 is 10.5 Å². The summed E-state index contributed by atoms with van der Waals surface area (Å²) in [5.41, 5.74) is 5.75. The summed E-state index contributed by atoms with van der Waals surface area (Å²) >= 11 is 3.22. The van der Waals surface area contributed by atoms with E-state index < -0.39 is 17.7 Å². The Balaban J connectivity index is 2.33. The lowest BCUT2D eigenvalue weighted by Crippen LogP contribution is -2.22. The van der Waals surface area contributed by atoms with Gasteiger partial charge in [0.05, 0.1) is 17.0 Å². The summed E-state index contributed by atoms with van der Waals surface area (Å²) in [6.07, 6.45) is 2.24. The molecule has 1 fully saturated rings. The summed E-state index contributed by atoms with van der Waals surface area (Å²) in [6, 6.07) is 2.44. The molecule has 0 aromatic heterocycles.